The Labute approximate surface area is 175 Å². The fourth-order valence-electron chi connectivity index (χ4n) is 4.04. The number of benzene rings is 1. The van der Waals surface area contributed by atoms with Gasteiger partial charge in [0.05, 0.1) is 10.1 Å². The molecule has 9 heteroatoms. The van der Waals surface area contributed by atoms with Crippen molar-refractivity contribution in [3.8, 4) is 0 Å². The Morgan fingerprint density at radius 1 is 1.14 bits per heavy atom. The van der Waals surface area contributed by atoms with Gasteiger partial charge in [-0.25, -0.2) is 8.42 Å². The summed E-state index contributed by atoms with van der Waals surface area (Å²) in [7, 11) is -3.54. The predicted octanol–water partition coefficient (Wildman–Crippen LogP) is 5.58. The zero-order valence-electron chi connectivity index (χ0n) is 15.0. The summed E-state index contributed by atoms with van der Waals surface area (Å²) in [5, 5.41) is -0.580. The zero-order chi connectivity index (χ0) is 20.6. The van der Waals surface area contributed by atoms with Crippen molar-refractivity contribution in [2.45, 2.75) is 52.5 Å². The van der Waals surface area contributed by atoms with E-state index >= 15 is 0 Å². The number of allylic oxidation sites excluding steroid dienone is 2. The smallest absolute Gasteiger partial charge is 0.399 e. The van der Waals surface area contributed by atoms with Crippen LogP contribution in [0.25, 0.3) is 0 Å². The first kappa shape index (κ1) is 21.8. The monoisotopic (exact) mass is 495 g/mol. The van der Waals surface area contributed by atoms with Gasteiger partial charge in [-0.15, -0.1) is 0 Å². The highest BCUT2D eigenvalue weighted by Gasteiger charge is 2.48. The molecule has 2 aliphatic carbocycles. The molecule has 2 N–H and O–H groups in total. The highest BCUT2D eigenvalue weighted by molar-refractivity contribution is 9.10. The standard InChI is InChI=1S/C19H21BrF3NO2S2/c20-16-3-1-2-4-17(16)28(25,26)15-7-5-13(6-8-15)18(27-19(21,22)23)11-9-14(24)10-12-18/h1-4,9-11,13,15H,5-8,12,24H2/t13-,15-,18?. The zero-order valence-corrected chi connectivity index (χ0v) is 18.2. The van der Waals surface area contributed by atoms with E-state index in [1.54, 1.807) is 36.4 Å². The second kappa shape index (κ2) is 8.07. The van der Waals surface area contributed by atoms with Crippen LogP contribution >= 0.6 is 27.7 Å². The summed E-state index contributed by atoms with van der Waals surface area (Å²) < 4.78 is 65.1. The SMILES string of the molecule is NC1=CCC(SC(F)(F)F)([C@H]2CC[C@H](S(=O)(=O)c3ccccc3Br)CC2)C=C1. The van der Waals surface area contributed by atoms with Gasteiger partial charge in [-0.05, 0) is 83.9 Å². The van der Waals surface area contributed by atoms with Gasteiger partial charge in [-0.1, -0.05) is 24.3 Å². The molecule has 0 aromatic heterocycles. The molecule has 3 rings (SSSR count). The lowest BCUT2D eigenvalue weighted by Gasteiger charge is -2.42. The predicted molar refractivity (Wildman–Crippen MR) is 109 cm³/mol. The van der Waals surface area contributed by atoms with Gasteiger partial charge in [0, 0.05) is 14.9 Å². The van der Waals surface area contributed by atoms with Crippen LogP contribution in [0.5, 0.6) is 0 Å². The summed E-state index contributed by atoms with van der Waals surface area (Å²) >= 11 is 3.28. The van der Waals surface area contributed by atoms with Crippen LogP contribution in [0.4, 0.5) is 13.2 Å². The second-order valence-corrected chi connectivity index (χ2v) is 11.7. The minimum atomic E-state index is -4.37. The normalized spacial score (nSPS) is 28.8. The van der Waals surface area contributed by atoms with E-state index in [9.17, 15) is 21.6 Å². The molecule has 0 radical (unpaired) electrons. The summed E-state index contributed by atoms with van der Waals surface area (Å²) in [4.78, 5) is 0.242. The topological polar surface area (TPSA) is 60.2 Å². The van der Waals surface area contributed by atoms with Crippen molar-refractivity contribution >= 4 is 37.5 Å². The molecular weight excluding hydrogens is 475 g/mol. The van der Waals surface area contributed by atoms with Crippen molar-refractivity contribution in [1.29, 1.82) is 0 Å². The number of halogens is 4. The van der Waals surface area contributed by atoms with Crippen molar-refractivity contribution in [1.82, 2.24) is 0 Å². The van der Waals surface area contributed by atoms with Gasteiger partial charge in [0.15, 0.2) is 9.84 Å². The number of rotatable bonds is 4. The number of thioether (sulfide) groups is 1. The minimum Gasteiger partial charge on any atom is -0.399 e. The molecule has 1 aromatic carbocycles. The van der Waals surface area contributed by atoms with Crippen LogP contribution in [0.2, 0.25) is 0 Å². The lowest BCUT2D eigenvalue weighted by atomic mass is 9.76. The van der Waals surface area contributed by atoms with Crippen molar-refractivity contribution in [3.05, 3.63) is 52.7 Å². The number of hydrogen-bond acceptors (Lipinski definition) is 4. The molecule has 0 heterocycles. The molecule has 0 amide bonds. The van der Waals surface area contributed by atoms with Crippen LogP contribution in [0.1, 0.15) is 32.1 Å². The fourth-order valence-corrected chi connectivity index (χ4v) is 8.00. The van der Waals surface area contributed by atoms with Gasteiger partial charge in [0.25, 0.3) is 0 Å². The van der Waals surface area contributed by atoms with Crippen LogP contribution in [-0.2, 0) is 9.84 Å². The molecule has 154 valence electrons. The molecule has 28 heavy (non-hydrogen) atoms. The Bertz CT molecular complexity index is 891. The maximum Gasteiger partial charge on any atom is 0.442 e. The Hall–Kier alpha value is -0.930. The quantitative estimate of drug-likeness (QED) is 0.592. The van der Waals surface area contributed by atoms with Gasteiger partial charge in [-0.3, -0.25) is 0 Å². The Morgan fingerprint density at radius 2 is 1.79 bits per heavy atom. The fraction of sp³-hybridized carbons (Fsp3) is 0.474. The number of nitrogens with two attached hydrogens (primary N) is 1. The van der Waals surface area contributed by atoms with Gasteiger partial charge < -0.3 is 5.73 Å². The first-order valence-corrected chi connectivity index (χ1v) is 12.1. The Balaban J connectivity index is 1.78. The van der Waals surface area contributed by atoms with E-state index in [0.29, 0.717) is 35.9 Å². The third kappa shape index (κ3) is 4.62. The summed E-state index contributed by atoms with van der Waals surface area (Å²) in [5.41, 5.74) is 1.80. The lowest BCUT2D eigenvalue weighted by molar-refractivity contribution is -0.0346. The maximum absolute atomic E-state index is 13.2. The second-order valence-electron chi connectivity index (χ2n) is 7.19. The Kier molecular flexibility index (Phi) is 6.27. The van der Waals surface area contributed by atoms with Crippen molar-refractivity contribution < 1.29 is 21.6 Å². The van der Waals surface area contributed by atoms with Crippen molar-refractivity contribution in [2.24, 2.45) is 11.7 Å². The third-order valence-corrected chi connectivity index (χ3v) is 9.99. The molecule has 1 saturated carbocycles. The average molecular weight is 496 g/mol. The molecule has 1 aromatic rings. The molecule has 0 spiro atoms. The van der Waals surface area contributed by atoms with E-state index in [1.807, 2.05) is 0 Å². The van der Waals surface area contributed by atoms with Crippen LogP contribution in [-0.4, -0.2) is 23.9 Å². The number of alkyl halides is 3. The van der Waals surface area contributed by atoms with E-state index in [4.69, 9.17) is 5.73 Å². The summed E-state index contributed by atoms with van der Waals surface area (Å²) in [6.45, 7) is 0. The summed E-state index contributed by atoms with van der Waals surface area (Å²) in [5.74, 6) is -0.259. The van der Waals surface area contributed by atoms with Crippen LogP contribution in [0.15, 0.2) is 57.6 Å². The molecule has 0 saturated heterocycles. The summed E-state index contributed by atoms with van der Waals surface area (Å²) in [6.07, 6.45) is 6.47. The average Bonchev–Trinajstić information content (AvgIpc) is 2.63. The summed E-state index contributed by atoms with van der Waals surface area (Å²) in [6, 6.07) is 6.65. The highest BCUT2D eigenvalue weighted by atomic mass is 79.9. The first-order valence-electron chi connectivity index (χ1n) is 8.94. The van der Waals surface area contributed by atoms with Gasteiger partial charge in [0.2, 0.25) is 0 Å². The lowest BCUT2D eigenvalue weighted by Crippen LogP contribution is -2.40. The molecule has 3 nitrogen and oxygen atoms in total. The molecular formula is C19H21BrF3NO2S2. The first-order chi connectivity index (χ1) is 13.0. The highest BCUT2D eigenvalue weighted by Crippen LogP contribution is 2.53. The minimum absolute atomic E-state index is 0.00264. The van der Waals surface area contributed by atoms with E-state index in [1.165, 1.54) is 6.08 Å². The molecule has 1 fully saturated rings. The molecule has 1 atom stereocenters. The van der Waals surface area contributed by atoms with E-state index in [-0.39, 0.29) is 29.0 Å². The Morgan fingerprint density at radius 3 is 2.32 bits per heavy atom. The van der Waals surface area contributed by atoms with Gasteiger partial charge >= 0.3 is 5.51 Å². The molecule has 2 aliphatic rings. The van der Waals surface area contributed by atoms with Gasteiger partial charge in [-0.2, -0.15) is 13.2 Å². The number of sulfone groups is 1. The van der Waals surface area contributed by atoms with Gasteiger partial charge in [0.1, 0.15) is 0 Å². The largest absolute Gasteiger partial charge is 0.442 e. The molecule has 0 bridgehead atoms. The van der Waals surface area contributed by atoms with E-state index < -0.39 is 25.3 Å². The van der Waals surface area contributed by atoms with Crippen molar-refractivity contribution in [2.75, 3.05) is 0 Å². The van der Waals surface area contributed by atoms with E-state index in [0.717, 1.165) is 0 Å². The van der Waals surface area contributed by atoms with Crippen LogP contribution in [0.3, 0.4) is 0 Å². The van der Waals surface area contributed by atoms with Crippen LogP contribution in [0, 0.1) is 5.92 Å². The molecule has 0 aliphatic heterocycles. The maximum atomic E-state index is 13.2. The number of hydrogen-bond donors (Lipinski definition) is 1. The van der Waals surface area contributed by atoms with E-state index in [2.05, 4.69) is 15.9 Å². The molecule has 1 unspecified atom stereocenters. The van der Waals surface area contributed by atoms with Crippen molar-refractivity contribution in [3.63, 3.8) is 0 Å². The van der Waals surface area contributed by atoms with Crippen LogP contribution < -0.4 is 5.73 Å². The third-order valence-electron chi connectivity index (χ3n) is 5.47.